The molecular formula is C21H31NO2S. The van der Waals surface area contributed by atoms with E-state index in [1.807, 2.05) is 0 Å². The highest BCUT2D eigenvalue weighted by atomic mass is 32.2. The van der Waals surface area contributed by atoms with Crippen LogP contribution in [0, 0.1) is 5.41 Å². The van der Waals surface area contributed by atoms with Crippen LogP contribution in [0.3, 0.4) is 0 Å². The first-order chi connectivity index (χ1) is 12.1. The Hall–Kier alpha value is -0.870. The van der Waals surface area contributed by atoms with Crippen LogP contribution in [0.25, 0.3) is 0 Å². The molecule has 0 radical (unpaired) electrons. The van der Waals surface area contributed by atoms with E-state index in [-0.39, 0.29) is 0 Å². The number of fused-ring (bicyclic) bond motifs is 1. The van der Waals surface area contributed by atoms with Crippen molar-refractivity contribution < 1.29 is 9.47 Å². The number of methoxy groups -OCH3 is 2. The summed E-state index contributed by atoms with van der Waals surface area (Å²) in [6.07, 6.45) is 8.19. The molecule has 0 bridgehead atoms. The van der Waals surface area contributed by atoms with E-state index in [2.05, 4.69) is 41.9 Å². The average Bonchev–Trinajstić information content (AvgIpc) is 2.99. The third-order valence-corrected chi connectivity index (χ3v) is 8.56. The molecule has 3 atom stereocenters. The number of hydrogen-bond donors (Lipinski definition) is 0. The number of likely N-dealkylation sites (tertiary alicyclic amines) is 1. The van der Waals surface area contributed by atoms with Crippen LogP contribution >= 0.6 is 11.8 Å². The van der Waals surface area contributed by atoms with Crippen LogP contribution in [0.1, 0.15) is 44.1 Å². The van der Waals surface area contributed by atoms with Crippen molar-refractivity contribution in [2.24, 2.45) is 5.41 Å². The quantitative estimate of drug-likeness (QED) is 0.798. The minimum Gasteiger partial charge on any atom is -0.493 e. The second-order valence-electron chi connectivity index (χ2n) is 8.33. The number of likely N-dealkylation sites (N-methyl/N-ethyl adjacent to an activating group) is 1. The van der Waals surface area contributed by atoms with Crippen molar-refractivity contribution in [3.8, 4) is 11.5 Å². The van der Waals surface area contributed by atoms with Gasteiger partial charge in [-0.1, -0.05) is 6.07 Å². The maximum absolute atomic E-state index is 5.61. The summed E-state index contributed by atoms with van der Waals surface area (Å²) in [6, 6.07) is 7.30. The van der Waals surface area contributed by atoms with Crippen LogP contribution in [-0.2, 0) is 5.41 Å². The van der Waals surface area contributed by atoms with Crippen molar-refractivity contribution >= 4 is 11.8 Å². The molecule has 2 aliphatic heterocycles. The second kappa shape index (κ2) is 6.70. The predicted octanol–water partition coefficient (Wildman–Crippen LogP) is 4.34. The third-order valence-electron chi connectivity index (χ3n) is 7.17. The molecule has 3 aliphatic rings. The smallest absolute Gasteiger partial charge is 0.161 e. The number of nitrogens with zero attached hydrogens (tertiary/aromatic N) is 1. The fraction of sp³-hybridized carbons (Fsp3) is 0.714. The van der Waals surface area contributed by atoms with E-state index in [4.69, 9.17) is 9.47 Å². The molecule has 1 saturated carbocycles. The molecule has 138 valence electrons. The fourth-order valence-electron chi connectivity index (χ4n) is 5.66. The Morgan fingerprint density at radius 1 is 1.08 bits per heavy atom. The van der Waals surface area contributed by atoms with Crippen molar-refractivity contribution in [3.63, 3.8) is 0 Å². The standard InChI is InChI=1S/C21H31NO2S/c1-22-11-10-21(16-5-6-17(23-2)18(13-16)24-3)9-8-20(14-19(21)22)7-4-12-25-15-20/h5-6,13,19H,4,7-12,14-15H2,1-3H3/t19-,20?,21-/m0/s1. The van der Waals surface area contributed by atoms with E-state index in [9.17, 15) is 0 Å². The third kappa shape index (κ3) is 2.86. The lowest BCUT2D eigenvalue weighted by Gasteiger charge is -2.51. The number of rotatable bonds is 3. The van der Waals surface area contributed by atoms with E-state index >= 15 is 0 Å². The highest BCUT2D eigenvalue weighted by Gasteiger charge is 2.54. The van der Waals surface area contributed by atoms with Gasteiger partial charge in [0.05, 0.1) is 14.2 Å². The zero-order valence-electron chi connectivity index (χ0n) is 15.8. The Labute approximate surface area is 156 Å². The molecule has 25 heavy (non-hydrogen) atoms. The van der Waals surface area contributed by atoms with Crippen LogP contribution < -0.4 is 9.47 Å². The van der Waals surface area contributed by atoms with Crippen LogP contribution in [0.15, 0.2) is 18.2 Å². The van der Waals surface area contributed by atoms with Crippen LogP contribution in [0.4, 0.5) is 0 Å². The van der Waals surface area contributed by atoms with Crippen molar-refractivity contribution in [2.45, 2.75) is 50.0 Å². The summed E-state index contributed by atoms with van der Waals surface area (Å²) in [7, 11) is 5.79. The van der Waals surface area contributed by atoms with E-state index in [0.717, 1.165) is 11.5 Å². The summed E-state index contributed by atoms with van der Waals surface area (Å²) in [6.45, 7) is 1.21. The van der Waals surface area contributed by atoms with Gasteiger partial charge in [0.15, 0.2) is 11.5 Å². The van der Waals surface area contributed by atoms with Gasteiger partial charge < -0.3 is 14.4 Å². The van der Waals surface area contributed by atoms with E-state index in [1.54, 1.807) is 14.2 Å². The lowest BCUT2D eigenvalue weighted by molar-refractivity contribution is 0.0757. The molecule has 1 aromatic rings. The number of thioether (sulfide) groups is 1. The first-order valence-electron chi connectivity index (χ1n) is 9.63. The molecule has 0 amide bonds. The molecule has 4 rings (SSSR count). The zero-order valence-corrected chi connectivity index (χ0v) is 16.7. The van der Waals surface area contributed by atoms with Gasteiger partial charge in [-0.25, -0.2) is 0 Å². The van der Waals surface area contributed by atoms with E-state index in [0.29, 0.717) is 16.9 Å². The van der Waals surface area contributed by atoms with Crippen LogP contribution in [0.5, 0.6) is 11.5 Å². The van der Waals surface area contributed by atoms with Gasteiger partial charge in [-0.15, -0.1) is 0 Å². The molecule has 1 aliphatic carbocycles. The Kier molecular flexibility index (Phi) is 4.70. The van der Waals surface area contributed by atoms with Gasteiger partial charge in [-0.2, -0.15) is 11.8 Å². The van der Waals surface area contributed by atoms with Gasteiger partial charge in [0.25, 0.3) is 0 Å². The summed E-state index contributed by atoms with van der Waals surface area (Å²) in [5.74, 6) is 4.44. The molecule has 2 saturated heterocycles. The Morgan fingerprint density at radius 3 is 2.64 bits per heavy atom. The predicted molar refractivity (Wildman–Crippen MR) is 105 cm³/mol. The van der Waals surface area contributed by atoms with Gasteiger partial charge in [0, 0.05) is 11.5 Å². The number of benzene rings is 1. The molecule has 1 aromatic carbocycles. The molecule has 2 heterocycles. The van der Waals surface area contributed by atoms with Crippen molar-refractivity contribution in [1.82, 2.24) is 4.90 Å². The lowest BCUT2D eigenvalue weighted by Crippen LogP contribution is -2.51. The highest BCUT2D eigenvalue weighted by molar-refractivity contribution is 7.99. The summed E-state index contributed by atoms with van der Waals surface area (Å²) < 4.78 is 11.1. The zero-order chi connectivity index (χ0) is 17.5. The molecule has 1 spiro atoms. The van der Waals surface area contributed by atoms with Gasteiger partial charge in [-0.05, 0) is 86.7 Å². The van der Waals surface area contributed by atoms with E-state index < -0.39 is 0 Å². The summed E-state index contributed by atoms with van der Waals surface area (Å²) in [5, 5.41) is 0. The van der Waals surface area contributed by atoms with E-state index in [1.165, 1.54) is 62.1 Å². The molecule has 1 unspecified atom stereocenters. The minimum absolute atomic E-state index is 0.293. The highest BCUT2D eigenvalue weighted by Crippen LogP contribution is 2.57. The lowest BCUT2D eigenvalue weighted by atomic mass is 9.58. The summed E-state index contributed by atoms with van der Waals surface area (Å²) in [4.78, 5) is 2.64. The topological polar surface area (TPSA) is 21.7 Å². The fourth-order valence-corrected chi connectivity index (χ4v) is 6.99. The normalized spacial score (nSPS) is 35.6. The molecule has 0 N–H and O–H groups in total. The van der Waals surface area contributed by atoms with Gasteiger partial charge in [0.1, 0.15) is 0 Å². The monoisotopic (exact) mass is 361 g/mol. The van der Waals surface area contributed by atoms with Gasteiger partial charge in [0.2, 0.25) is 0 Å². The summed E-state index contributed by atoms with van der Waals surface area (Å²) in [5.41, 5.74) is 2.34. The summed E-state index contributed by atoms with van der Waals surface area (Å²) >= 11 is 2.19. The number of ether oxygens (including phenoxy) is 2. The van der Waals surface area contributed by atoms with Gasteiger partial charge in [-0.3, -0.25) is 0 Å². The molecular weight excluding hydrogens is 330 g/mol. The first kappa shape index (κ1) is 17.5. The Morgan fingerprint density at radius 2 is 1.92 bits per heavy atom. The Bertz CT molecular complexity index is 628. The molecule has 0 aromatic heterocycles. The van der Waals surface area contributed by atoms with Crippen molar-refractivity contribution in [1.29, 1.82) is 0 Å². The first-order valence-corrected chi connectivity index (χ1v) is 10.8. The number of hydrogen-bond acceptors (Lipinski definition) is 4. The average molecular weight is 362 g/mol. The molecule has 4 heteroatoms. The van der Waals surface area contributed by atoms with Crippen molar-refractivity contribution in [2.75, 3.05) is 39.3 Å². The molecule has 3 fully saturated rings. The van der Waals surface area contributed by atoms with Crippen LogP contribution in [0.2, 0.25) is 0 Å². The minimum atomic E-state index is 0.293. The maximum Gasteiger partial charge on any atom is 0.161 e. The van der Waals surface area contributed by atoms with Crippen LogP contribution in [-0.4, -0.2) is 50.3 Å². The second-order valence-corrected chi connectivity index (χ2v) is 9.44. The maximum atomic E-state index is 5.61. The SMILES string of the molecule is COc1ccc([C@]23CCN(C)[C@H]2CC2(CCCSC2)CC3)cc1OC. The van der Waals surface area contributed by atoms with Gasteiger partial charge >= 0.3 is 0 Å². The Balaban J connectivity index is 1.68. The largest absolute Gasteiger partial charge is 0.493 e. The van der Waals surface area contributed by atoms with Crippen molar-refractivity contribution in [3.05, 3.63) is 23.8 Å². The molecule has 3 nitrogen and oxygen atoms in total.